The van der Waals surface area contributed by atoms with Gasteiger partial charge in [0, 0.05) is 31.6 Å². The molecule has 2 aliphatic carbocycles. The first-order valence-electron chi connectivity index (χ1n) is 9.70. The van der Waals surface area contributed by atoms with Crippen molar-refractivity contribution in [3.63, 3.8) is 0 Å². The van der Waals surface area contributed by atoms with Crippen LogP contribution in [0.4, 0.5) is 8.78 Å². The lowest BCUT2D eigenvalue weighted by Gasteiger charge is -2.34. The zero-order valence-electron chi connectivity index (χ0n) is 16.7. The summed E-state index contributed by atoms with van der Waals surface area (Å²) in [5.41, 5.74) is -1.70. The van der Waals surface area contributed by atoms with Gasteiger partial charge in [0.15, 0.2) is 5.60 Å². The molecule has 0 spiro atoms. The molecule has 4 nitrogen and oxygen atoms in total. The van der Waals surface area contributed by atoms with E-state index in [2.05, 4.69) is 21.1 Å². The summed E-state index contributed by atoms with van der Waals surface area (Å²) < 4.78 is 34.1. The van der Waals surface area contributed by atoms with E-state index in [9.17, 15) is 18.7 Å². The van der Waals surface area contributed by atoms with E-state index < -0.39 is 29.8 Å². The summed E-state index contributed by atoms with van der Waals surface area (Å²) in [7, 11) is 6.32. The van der Waals surface area contributed by atoms with Crippen molar-refractivity contribution in [1.82, 2.24) is 0 Å². The van der Waals surface area contributed by atoms with Crippen LogP contribution in [0.25, 0.3) is 0 Å². The molecular weight excluding hydrogens is 432 g/mol. The van der Waals surface area contributed by atoms with Crippen LogP contribution in [0, 0.1) is 5.92 Å². The van der Waals surface area contributed by atoms with Crippen LogP contribution in [-0.4, -0.2) is 54.8 Å². The summed E-state index contributed by atoms with van der Waals surface area (Å²) in [4.78, 5) is 13.1. The molecule has 2 saturated carbocycles. The smallest absolute Gasteiger partial charge is 0.343 e. The Labute approximate surface area is 176 Å². The van der Waals surface area contributed by atoms with Gasteiger partial charge in [-0.25, -0.2) is 13.6 Å². The highest BCUT2D eigenvalue weighted by atomic mass is 79.9. The van der Waals surface area contributed by atoms with Crippen LogP contribution in [-0.2, 0) is 15.1 Å². The number of halogens is 3. The second kappa shape index (κ2) is 8.36. The molecule has 0 saturated heterocycles. The van der Waals surface area contributed by atoms with Crippen molar-refractivity contribution in [2.75, 3.05) is 21.1 Å². The van der Waals surface area contributed by atoms with E-state index in [1.165, 1.54) is 0 Å². The first-order chi connectivity index (χ1) is 12.5. The highest BCUT2D eigenvalue weighted by Crippen LogP contribution is 2.48. The number of quaternary nitrogens is 1. The summed E-state index contributed by atoms with van der Waals surface area (Å²) in [6, 6.07) is 8.76. The Morgan fingerprint density at radius 3 is 2.32 bits per heavy atom. The lowest BCUT2D eigenvalue weighted by Crippen LogP contribution is -3.00. The second-order valence-electron chi connectivity index (χ2n) is 9.04. The van der Waals surface area contributed by atoms with Gasteiger partial charge < -0.3 is 31.3 Å². The third-order valence-corrected chi connectivity index (χ3v) is 6.25. The number of esters is 1. The largest absolute Gasteiger partial charge is 1.00 e. The molecule has 0 heterocycles. The van der Waals surface area contributed by atoms with Gasteiger partial charge in [0.25, 0.3) is 0 Å². The van der Waals surface area contributed by atoms with Gasteiger partial charge in [0.05, 0.1) is 27.2 Å². The molecule has 1 unspecified atom stereocenters. The predicted molar refractivity (Wildman–Crippen MR) is 98.2 cm³/mol. The van der Waals surface area contributed by atoms with Gasteiger partial charge in [-0.15, -0.1) is 0 Å². The summed E-state index contributed by atoms with van der Waals surface area (Å²) in [5, 5.41) is 11.4. The summed E-state index contributed by atoms with van der Waals surface area (Å²) in [6.07, 6.45) is 1.40. The monoisotopic (exact) mass is 461 g/mol. The van der Waals surface area contributed by atoms with Crippen LogP contribution in [0.15, 0.2) is 30.3 Å². The molecule has 28 heavy (non-hydrogen) atoms. The summed E-state index contributed by atoms with van der Waals surface area (Å²) >= 11 is 0. The molecule has 2 fully saturated rings. The first-order valence-corrected chi connectivity index (χ1v) is 9.70. The third-order valence-electron chi connectivity index (χ3n) is 6.25. The molecule has 0 radical (unpaired) electrons. The van der Waals surface area contributed by atoms with E-state index >= 15 is 0 Å². The SMILES string of the molecule is C[N+](C)(C)C1CC[C@@H](OC(=O)[C@](O)(c2ccccc2)[C@@H]2CCC(F)(F)C2)C1.[Br-]. The Bertz CT molecular complexity index is 680. The maximum Gasteiger partial charge on any atom is 0.343 e. The number of benzene rings is 1. The van der Waals surface area contributed by atoms with Gasteiger partial charge in [-0.1, -0.05) is 30.3 Å². The molecule has 4 atom stereocenters. The summed E-state index contributed by atoms with van der Waals surface area (Å²) in [5.74, 6) is -4.49. The fourth-order valence-electron chi connectivity index (χ4n) is 4.49. The first kappa shape index (κ1) is 23.2. The van der Waals surface area contributed by atoms with Crippen LogP contribution >= 0.6 is 0 Å². The van der Waals surface area contributed by atoms with E-state index in [1.54, 1.807) is 30.3 Å². The lowest BCUT2D eigenvalue weighted by molar-refractivity contribution is -0.895. The Morgan fingerprint density at radius 1 is 1.18 bits per heavy atom. The molecule has 158 valence electrons. The summed E-state index contributed by atoms with van der Waals surface area (Å²) in [6.45, 7) is 0. The zero-order chi connectivity index (χ0) is 19.9. The molecular formula is C21H30BrF2NO3. The number of carbonyl (C=O) groups excluding carboxylic acids is 1. The van der Waals surface area contributed by atoms with Gasteiger partial charge in [-0.3, -0.25) is 0 Å². The van der Waals surface area contributed by atoms with Crippen molar-refractivity contribution in [2.45, 2.75) is 62.2 Å². The third kappa shape index (κ3) is 4.74. The van der Waals surface area contributed by atoms with Gasteiger partial charge >= 0.3 is 5.97 Å². The van der Waals surface area contributed by atoms with Gasteiger partial charge in [0.2, 0.25) is 5.92 Å². The number of rotatable bonds is 5. The average molecular weight is 462 g/mol. The number of nitrogens with zero attached hydrogens (tertiary/aromatic N) is 1. The molecule has 1 N–H and O–H groups in total. The van der Waals surface area contributed by atoms with Crippen molar-refractivity contribution in [1.29, 1.82) is 0 Å². The minimum Gasteiger partial charge on any atom is -1.00 e. The number of carbonyl (C=O) groups is 1. The fraction of sp³-hybridized carbons (Fsp3) is 0.667. The van der Waals surface area contributed by atoms with Crippen LogP contribution < -0.4 is 17.0 Å². The Kier molecular flexibility index (Phi) is 6.94. The minimum absolute atomic E-state index is 0. The highest BCUT2D eigenvalue weighted by molar-refractivity contribution is 5.82. The van der Waals surface area contributed by atoms with E-state index in [-0.39, 0.29) is 35.9 Å². The van der Waals surface area contributed by atoms with E-state index in [0.29, 0.717) is 11.6 Å². The van der Waals surface area contributed by atoms with Gasteiger partial charge in [-0.05, 0) is 18.4 Å². The van der Waals surface area contributed by atoms with Crippen molar-refractivity contribution in [3.8, 4) is 0 Å². The molecule has 1 aromatic rings. The average Bonchev–Trinajstić information content (AvgIpc) is 3.21. The molecule has 7 heteroatoms. The quantitative estimate of drug-likeness (QED) is 0.512. The van der Waals surface area contributed by atoms with E-state index in [0.717, 1.165) is 23.7 Å². The Morgan fingerprint density at radius 2 is 1.82 bits per heavy atom. The predicted octanol–water partition coefficient (Wildman–Crippen LogP) is 0.484. The van der Waals surface area contributed by atoms with Crippen molar-refractivity contribution >= 4 is 5.97 Å². The number of hydrogen-bond acceptors (Lipinski definition) is 3. The lowest BCUT2D eigenvalue weighted by atomic mass is 9.80. The Hall–Kier alpha value is -1.05. The van der Waals surface area contributed by atoms with Crippen molar-refractivity contribution < 1.29 is 44.9 Å². The van der Waals surface area contributed by atoms with Crippen molar-refractivity contribution in [2.24, 2.45) is 5.92 Å². The van der Waals surface area contributed by atoms with E-state index in [4.69, 9.17) is 4.74 Å². The second-order valence-corrected chi connectivity index (χ2v) is 9.04. The van der Waals surface area contributed by atoms with E-state index in [1.807, 2.05) is 0 Å². The van der Waals surface area contributed by atoms with Crippen LogP contribution in [0.2, 0.25) is 0 Å². The standard InChI is InChI=1S/C21H30F2NO3.BrH/c1-24(2,3)17-9-10-18(13-17)27-19(25)21(26,15-7-5-4-6-8-15)16-11-12-20(22,23)14-16;/h4-8,16-18,26H,9-14H2,1-3H3;1H/q+1;/p-1/t16-,17?,18-,21+;/m1./s1. The van der Waals surface area contributed by atoms with Gasteiger partial charge in [0.1, 0.15) is 6.10 Å². The Balaban J connectivity index is 0.00000280. The molecule has 0 aliphatic heterocycles. The molecule has 0 amide bonds. The maximum atomic E-state index is 13.8. The molecule has 3 rings (SSSR count). The topological polar surface area (TPSA) is 46.5 Å². The molecule has 0 bridgehead atoms. The maximum absolute atomic E-state index is 13.8. The zero-order valence-corrected chi connectivity index (χ0v) is 18.3. The number of ether oxygens (including phenoxy) is 1. The number of hydrogen-bond donors (Lipinski definition) is 1. The normalized spacial score (nSPS) is 29.0. The number of aliphatic hydroxyl groups is 1. The molecule has 0 aromatic heterocycles. The minimum atomic E-state index is -2.85. The number of alkyl halides is 2. The van der Waals surface area contributed by atoms with Gasteiger partial charge in [-0.2, -0.15) is 0 Å². The van der Waals surface area contributed by atoms with Crippen molar-refractivity contribution in [3.05, 3.63) is 35.9 Å². The van der Waals surface area contributed by atoms with Crippen LogP contribution in [0.1, 0.15) is 44.1 Å². The van der Waals surface area contributed by atoms with Crippen LogP contribution in [0.3, 0.4) is 0 Å². The highest BCUT2D eigenvalue weighted by Gasteiger charge is 2.55. The fourth-order valence-corrected chi connectivity index (χ4v) is 4.49. The molecule has 1 aromatic carbocycles. The van der Waals surface area contributed by atoms with Crippen LogP contribution in [0.5, 0.6) is 0 Å². The molecule has 2 aliphatic rings.